The van der Waals surface area contributed by atoms with Crippen LogP contribution in [0.2, 0.25) is 0 Å². The molecule has 7 heteroatoms. The quantitative estimate of drug-likeness (QED) is 0.649. The fourth-order valence-corrected chi connectivity index (χ4v) is 1.69. The summed E-state index contributed by atoms with van der Waals surface area (Å²) in [6.07, 6.45) is 0. The van der Waals surface area contributed by atoms with Gasteiger partial charge < -0.3 is 14.8 Å². The predicted octanol–water partition coefficient (Wildman–Crippen LogP) is 3.22. The molecule has 0 spiro atoms. The zero-order valence-corrected chi connectivity index (χ0v) is 11.7. The van der Waals surface area contributed by atoms with Crippen LogP contribution in [0.1, 0.15) is 6.92 Å². The van der Waals surface area contributed by atoms with Crippen molar-refractivity contribution >= 4 is 11.5 Å². The molecule has 21 heavy (non-hydrogen) atoms. The molecule has 0 atom stereocenters. The summed E-state index contributed by atoms with van der Waals surface area (Å²) < 4.78 is 10.9. The lowest BCUT2D eigenvalue weighted by molar-refractivity contribution is -0.384. The van der Waals surface area contributed by atoms with E-state index in [-0.39, 0.29) is 11.6 Å². The van der Waals surface area contributed by atoms with Crippen molar-refractivity contribution in [2.24, 2.45) is 0 Å². The lowest BCUT2D eigenvalue weighted by atomic mass is 10.3. The highest BCUT2D eigenvalue weighted by Gasteiger charge is 2.12. The van der Waals surface area contributed by atoms with Gasteiger partial charge in [0.15, 0.2) is 0 Å². The van der Waals surface area contributed by atoms with Gasteiger partial charge in [-0.05, 0) is 19.1 Å². The molecule has 1 heterocycles. The largest absolute Gasteiger partial charge is 0.494 e. The highest BCUT2D eigenvalue weighted by molar-refractivity contribution is 5.49. The van der Waals surface area contributed by atoms with Gasteiger partial charge in [0, 0.05) is 13.1 Å². The molecule has 2 rings (SSSR count). The number of ether oxygens (including phenoxy) is 2. The zero-order chi connectivity index (χ0) is 15.2. The van der Waals surface area contributed by atoms with Crippen molar-refractivity contribution in [2.75, 3.05) is 19.0 Å². The van der Waals surface area contributed by atoms with Crippen LogP contribution in [0.15, 0.2) is 36.4 Å². The van der Waals surface area contributed by atoms with E-state index in [1.54, 1.807) is 31.3 Å². The molecule has 0 saturated carbocycles. The van der Waals surface area contributed by atoms with Gasteiger partial charge in [-0.2, -0.15) is 4.98 Å². The zero-order valence-electron chi connectivity index (χ0n) is 11.7. The minimum atomic E-state index is -0.494. The van der Waals surface area contributed by atoms with Crippen molar-refractivity contribution in [3.63, 3.8) is 0 Å². The summed E-state index contributed by atoms with van der Waals surface area (Å²) in [5.74, 6) is 1.66. The third-order valence-electron chi connectivity index (χ3n) is 2.59. The molecule has 110 valence electrons. The van der Waals surface area contributed by atoms with Gasteiger partial charge in [-0.25, -0.2) is 0 Å². The van der Waals surface area contributed by atoms with Gasteiger partial charge in [0.2, 0.25) is 5.88 Å². The van der Waals surface area contributed by atoms with E-state index in [0.29, 0.717) is 23.9 Å². The van der Waals surface area contributed by atoms with E-state index in [2.05, 4.69) is 10.3 Å². The second kappa shape index (κ2) is 6.56. The van der Waals surface area contributed by atoms with E-state index < -0.39 is 4.92 Å². The van der Waals surface area contributed by atoms with Crippen molar-refractivity contribution in [3.05, 3.63) is 46.5 Å². The Balaban J connectivity index is 2.28. The summed E-state index contributed by atoms with van der Waals surface area (Å²) in [5.41, 5.74) is -0.0923. The molecule has 0 aliphatic carbocycles. The molecular formula is C14H15N3O4. The molecule has 0 aliphatic heterocycles. The van der Waals surface area contributed by atoms with Crippen LogP contribution in [0.3, 0.4) is 0 Å². The number of benzene rings is 1. The third-order valence-corrected chi connectivity index (χ3v) is 2.59. The first kappa shape index (κ1) is 14.6. The Labute approximate surface area is 121 Å². The number of rotatable bonds is 6. The van der Waals surface area contributed by atoms with E-state index in [4.69, 9.17) is 9.47 Å². The molecule has 0 bridgehead atoms. The normalized spacial score (nSPS) is 10.0. The number of hydrogen-bond donors (Lipinski definition) is 1. The second-order valence-corrected chi connectivity index (χ2v) is 4.07. The first-order valence-electron chi connectivity index (χ1n) is 6.37. The number of anilines is 1. The molecule has 0 fully saturated rings. The van der Waals surface area contributed by atoms with Crippen molar-refractivity contribution in [3.8, 4) is 17.4 Å². The second-order valence-electron chi connectivity index (χ2n) is 4.07. The Morgan fingerprint density at radius 1 is 1.29 bits per heavy atom. The fourth-order valence-electron chi connectivity index (χ4n) is 1.69. The number of nitro groups is 1. The van der Waals surface area contributed by atoms with Gasteiger partial charge in [0.25, 0.3) is 5.69 Å². The Hall–Kier alpha value is -2.83. The van der Waals surface area contributed by atoms with Gasteiger partial charge >= 0.3 is 0 Å². The SMILES string of the molecule is CCOc1cccc(Oc2cc([N+](=O)[O-])cc(NC)n2)c1. The summed E-state index contributed by atoms with van der Waals surface area (Å²) in [6, 6.07) is 9.61. The number of hydrogen-bond acceptors (Lipinski definition) is 6. The average Bonchev–Trinajstić information content (AvgIpc) is 2.47. The Morgan fingerprint density at radius 3 is 2.71 bits per heavy atom. The Bertz CT molecular complexity index is 646. The molecule has 1 aromatic carbocycles. The molecular weight excluding hydrogens is 274 g/mol. The van der Waals surface area contributed by atoms with Gasteiger partial charge in [0.05, 0.1) is 23.7 Å². The van der Waals surface area contributed by atoms with E-state index in [9.17, 15) is 10.1 Å². The molecule has 7 nitrogen and oxygen atoms in total. The van der Waals surface area contributed by atoms with Gasteiger partial charge in [-0.1, -0.05) is 6.07 Å². The molecule has 1 N–H and O–H groups in total. The van der Waals surface area contributed by atoms with Gasteiger partial charge in [-0.15, -0.1) is 0 Å². The van der Waals surface area contributed by atoms with E-state index in [1.807, 2.05) is 6.92 Å². The first-order chi connectivity index (χ1) is 10.1. The van der Waals surface area contributed by atoms with Crippen LogP contribution in [-0.4, -0.2) is 23.6 Å². The predicted molar refractivity (Wildman–Crippen MR) is 78.1 cm³/mol. The fraction of sp³-hybridized carbons (Fsp3) is 0.214. The number of pyridine rings is 1. The van der Waals surface area contributed by atoms with E-state index >= 15 is 0 Å². The van der Waals surface area contributed by atoms with Crippen molar-refractivity contribution in [2.45, 2.75) is 6.92 Å². The van der Waals surface area contributed by atoms with Crippen molar-refractivity contribution < 1.29 is 14.4 Å². The molecule has 1 aromatic heterocycles. The number of nitrogens with zero attached hydrogens (tertiary/aromatic N) is 2. The average molecular weight is 289 g/mol. The van der Waals surface area contributed by atoms with Crippen LogP contribution in [0, 0.1) is 10.1 Å². The number of nitrogens with one attached hydrogen (secondary N) is 1. The van der Waals surface area contributed by atoms with Crippen LogP contribution >= 0.6 is 0 Å². The van der Waals surface area contributed by atoms with E-state index in [1.165, 1.54) is 12.1 Å². The number of aromatic nitrogens is 1. The highest BCUT2D eigenvalue weighted by atomic mass is 16.6. The minimum absolute atomic E-state index is 0.0923. The summed E-state index contributed by atoms with van der Waals surface area (Å²) >= 11 is 0. The van der Waals surface area contributed by atoms with Crippen LogP contribution < -0.4 is 14.8 Å². The standard InChI is InChI=1S/C14H15N3O4/c1-3-20-11-5-4-6-12(9-11)21-14-8-10(17(18)19)7-13(15-2)16-14/h4-9H,3H2,1-2H3,(H,15,16). The minimum Gasteiger partial charge on any atom is -0.494 e. The topological polar surface area (TPSA) is 86.5 Å². The molecule has 0 radical (unpaired) electrons. The maximum Gasteiger partial charge on any atom is 0.278 e. The molecule has 0 aliphatic rings. The lowest BCUT2D eigenvalue weighted by Crippen LogP contribution is -1.98. The van der Waals surface area contributed by atoms with Crippen LogP contribution in [0.25, 0.3) is 0 Å². The van der Waals surface area contributed by atoms with Crippen LogP contribution in [0.4, 0.5) is 11.5 Å². The summed E-state index contributed by atoms with van der Waals surface area (Å²) in [7, 11) is 1.63. The Morgan fingerprint density at radius 2 is 2.05 bits per heavy atom. The summed E-state index contributed by atoms with van der Waals surface area (Å²) in [4.78, 5) is 14.5. The molecule has 0 saturated heterocycles. The highest BCUT2D eigenvalue weighted by Crippen LogP contribution is 2.28. The lowest BCUT2D eigenvalue weighted by Gasteiger charge is -2.08. The van der Waals surface area contributed by atoms with Gasteiger partial charge in [0.1, 0.15) is 17.3 Å². The van der Waals surface area contributed by atoms with Crippen LogP contribution in [0.5, 0.6) is 17.4 Å². The molecule has 0 amide bonds. The summed E-state index contributed by atoms with van der Waals surface area (Å²) in [6.45, 7) is 2.43. The Kier molecular flexibility index (Phi) is 4.55. The smallest absolute Gasteiger partial charge is 0.278 e. The van der Waals surface area contributed by atoms with Crippen LogP contribution in [-0.2, 0) is 0 Å². The van der Waals surface area contributed by atoms with Gasteiger partial charge in [-0.3, -0.25) is 10.1 Å². The van der Waals surface area contributed by atoms with E-state index in [0.717, 1.165) is 0 Å². The molecule has 0 unspecified atom stereocenters. The maximum atomic E-state index is 10.9. The van der Waals surface area contributed by atoms with Crippen molar-refractivity contribution in [1.82, 2.24) is 4.98 Å². The van der Waals surface area contributed by atoms with Crippen molar-refractivity contribution in [1.29, 1.82) is 0 Å². The third kappa shape index (κ3) is 3.82. The summed E-state index contributed by atoms with van der Waals surface area (Å²) in [5, 5.41) is 13.6. The monoisotopic (exact) mass is 289 g/mol. The maximum absolute atomic E-state index is 10.9. The first-order valence-corrected chi connectivity index (χ1v) is 6.37. The molecule has 2 aromatic rings.